The molecule has 30 heavy (non-hydrogen) atoms. The Hall–Kier alpha value is -2.74. The first-order valence-electron chi connectivity index (χ1n) is 9.42. The molecule has 0 saturated heterocycles. The SMILES string of the molecule is Cc1cc(C)n2ncc(-c3ccc(C)c(S(=O)(=O)NCc4ccccc4Cl)c3)c2n1. The average Bonchev–Trinajstić information content (AvgIpc) is 3.12. The quantitative estimate of drug-likeness (QED) is 0.497. The summed E-state index contributed by atoms with van der Waals surface area (Å²) in [6, 6.07) is 14.5. The van der Waals surface area contributed by atoms with Crippen LogP contribution in [0.25, 0.3) is 16.8 Å². The molecule has 2 aromatic heterocycles. The molecule has 0 aliphatic carbocycles. The van der Waals surface area contributed by atoms with Crippen LogP contribution in [0, 0.1) is 20.8 Å². The van der Waals surface area contributed by atoms with Gasteiger partial charge in [-0.3, -0.25) is 0 Å². The van der Waals surface area contributed by atoms with E-state index in [1.54, 1.807) is 41.9 Å². The van der Waals surface area contributed by atoms with Crippen LogP contribution in [-0.4, -0.2) is 23.0 Å². The minimum absolute atomic E-state index is 0.113. The van der Waals surface area contributed by atoms with Crippen LogP contribution in [0.1, 0.15) is 22.5 Å². The van der Waals surface area contributed by atoms with Crippen molar-refractivity contribution < 1.29 is 8.42 Å². The average molecular weight is 441 g/mol. The molecule has 6 nitrogen and oxygen atoms in total. The summed E-state index contributed by atoms with van der Waals surface area (Å²) in [7, 11) is -3.75. The first-order valence-corrected chi connectivity index (χ1v) is 11.3. The zero-order valence-corrected chi connectivity index (χ0v) is 18.4. The van der Waals surface area contributed by atoms with Gasteiger partial charge in [0, 0.05) is 28.5 Å². The van der Waals surface area contributed by atoms with Gasteiger partial charge in [-0.2, -0.15) is 5.10 Å². The van der Waals surface area contributed by atoms with E-state index >= 15 is 0 Å². The van der Waals surface area contributed by atoms with Crippen molar-refractivity contribution in [3.63, 3.8) is 0 Å². The Morgan fingerprint density at radius 3 is 2.60 bits per heavy atom. The molecule has 0 bridgehead atoms. The van der Waals surface area contributed by atoms with Crippen molar-refractivity contribution in [2.45, 2.75) is 32.2 Å². The van der Waals surface area contributed by atoms with Gasteiger partial charge in [0.05, 0.1) is 11.1 Å². The molecule has 2 aromatic carbocycles. The Kier molecular flexibility index (Phi) is 5.36. The lowest BCUT2D eigenvalue weighted by atomic mass is 10.1. The second kappa shape index (κ2) is 7.83. The standard InChI is InChI=1S/C22H21ClN4O2S/c1-14-8-9-17(19-13-24-27-16(3)10-15(2)26-22(19)27)11-21(14)30(28,29)25-12-18-6-4-5-7-20(18)23/h4-11,13,25H,12H2,1-3H3. The molecule has 0 aliphatic heterocycles. The van der Waals surface area contributed by atoms with Gasteiger partial charge in [0.15, 0.2) is 5.65 Å². The van der Waals surface area contributed by atoms with Gasteiger partial charge >= 0.3 is 0 Å². The lowest BCUT2D eigenvalue weighted by molar-refractivity contribution is 0.580. The normalized spacial score (nSPS) is 11.9. The highest BCUT2D eigenvalue weighted by molar-refractivity contribution is 7.89. The number of nitrogens with one attached hydrogen (secondary N) is 1. The number of hydrogen-bond acceptors (Lipinski definition) is 4. The number of rotatable bonds is 5. The fourth-order valence-corrected chi connectivity index (χ4v) is 4.90. The molecule has 4 aromatic rings. The Bertz CT molecular complexity index is 1360. The molecule has 0 saturated carbocycles. The minimum Gasteiger partial charge on any atom is -0.233 e. The van der Waals surface area contributed by atoms with Crippen molar-refractivity contribution in [3.8, 4) is 11.1 Å². The van der Waals surface area contributed by atoms with E-state index in [2.05, 4.69) is 14.8 Å². The van der Waals surface area contributed by atoms with Crippen LogP contribution in [-0.2, 0) is 16.6 Å². The van der Waals surface area contributed by atoms with E-state index in [4.69, 9.17) is 11.6 Å². The smallest absolute Gasteiger partial charge is 0.233 e. The largest absolute Gasteiger partial charge is 0.241 e. The summed E-state index contributed by atoms with van der Waals surface area (Å²) in [4.78, 5) is 4.81. The van der Waals surface area contributed by atoms with Crippen LogP contribution in [0.5, 0.6) is 0 Å². The number of fused-ring (bicyclic) bond motifs is 1. The molecule has 0 atom stereocenters. The number of halogens is 1. The molecular formula is C22H21ClN4O2S. The molecule has 0 unspecified atom stereocenters. The summed E-state index contributed by atoms with van der Waals surface area (Å²) in [6.07, 6.45) is 1.72. The molecule has 1 N–H and O–H groups in total. The molecule has 154 valence electrons. The predicted octanol–water partition coefficient (Wildman–Crippen LogP) is 4.45. The second-order valence-electron chi connectivity index (χ2n) is 7.23. The van der Waals surface area contributed by atoms with E-state index in [1.165, 1.54) is 0 Å². The number of aryl methyl sites for hydroxylation is 3. The van der Waals surface area contributed by atoms with E-state index in [1.807, 2.05) is 38.1 Å². The van der Waals surface area contributed by atoms with Gasteiger partial charge in [-0.1, -0.05) is 41.9 Å². The lowest BCUT2D eigenvalue weighted by Crippen LogP contribution is -2.24. The third-order valence-corrected chi connectivity index (χ3v) is 6.89. The third-order valence-electron chi connectivity index (χ3n) is 4.98. The van der Waals surface area contributed by atoms with Crippen LogP contribution < -0.4 is 4.72 Å². The first-order chi connectivity index (χ1) is 14.3. The highest BCUT2D eigenvalue weighted by atomic mass is 35.5. The van der Waals surface area contributed by atoms with E-state index in [9.17, 15) is 8.42 Å². The van der Waals surface area contributed by atoms with Gasteiger partial charge in [-0.15, -0.1) is 0 Å². The number of benzene rings is 2. The van der Waals surface area contributed by atoms with Gasteiger partial charge in [-0.05, 0) is 55.7 Å². The van der Waals surface area contributed by atoms with Crippen LogP contribution >= 0.6 is 11.6 Å². The van der Waals surface area contributed by atoms with Crippen molar-refractivity contribution in [3.05, 3.63) is 82.3 Å². The number of sulfonamides is 1. The maximum absolute atomic E-state index is 13.0. The monoisotopic (exact) mass is 440 g/mol. The van der Waals surface area contributed by atoms with Crippen LogP contribution in [0.2, 0.25) is 5.02 Å². The minimum atomic E-state index is -3.75. The van der Waals surface area contributed by atoms with E-state index in [-0.39, 0.29) is 11.4 Å². The number of hydrogen-bond donors (Lipinski definition) is 1. The van der Waals surface area contributed by atoms with Gasteiger partial charge < -0.3 is 0 Å². The van der Waals surface area contributed by atoms with Crippen LogP contribution in [0.3, 0.4) is 0 Å². The summed E-state index contributed by atoms with van der Waals surface area (Å²) >= 11 is 6.15. The van der Waals surface area contributed by atoms with Gasteiger partial charge in [0.25, 0.3) is 0 Å². The fourth-order valence-electron chi connectivity index (χ4n) is 3.42. The van der Waals surface area contributed by atoms with Crippen molar-refractivity contribution in [2.75, 3.05) is 0 Å². The van der Waals surface area contributed by atoms with E-state index in [0.717, 1.165) is 22.5 Å². The maximum atomic E-state index is 13.0. The van der Waals surface area contributed by atoms with Crippen molar-refractivity contribution in [2.24, 2.45) is 0 Å². The van der Waals surface area contributed by atoms with E-state index in [0.29, 0.717) is 21.8 Å². The number of aromatic nitrogens is 3. The van der Waals surface area contributed by atoms with E-state index < -0.39 is 10.0 Å². The number of nitrogens with zero attached hydrogens (tertiary/aromatic N) is 3. The summed E-state index contributed by atoms with van der Waals surface area (Å²) < 4.78 is 30.5. The Morgan fingerprint density at radius 2 is 1.83 bits per heavy atom. The van der Waals surface area contributed by atoms with Crippen molar-refractivity contribution >= 4 is 27.3 Å². The molecule has 0 fully saturated rings. The second-order valence-corrected chi connectivity index (χ2v) is 9.37. The lowest BCUT2D eigenvalue weighted by Gasteiger charge is -2.12. The Balaban J connectivity index is 1.73. The Morgan fingerprint density at radius 1 is 1.07 bits per heavy atom. The van der Waals surface area contributed by atoms with Gasteiger partial charge in [-0.25, -0.2) is 22.6 Å². The summed E-state index contributed by atoms with van der Waals surface area (Å²) in [5.41, 5.74) is 5.43. The van der Waals surface area contributed by atoms with Crippen molar-refractivity contribution in [1.82, 2.24) is 19.3 Å². The molecule has 0 spiro atoms. The zero-order chi connectivity index (χ0) is 21.5. The van der Waals surface area contributed by atoms with Gasteiger partial charge in [0.1, 0.15) is 0 Å². The van der Waals surface area contributed by atoms with Crippen LogP contribution in [0.15, 0.2) is 59.6 Å². The molecular weight excluding hydrogens is 420 g/mol. The highest BCUT2D eigenvalue weighted by Crippen LogP contribution is 2.28. The molecule has 0 radical (unpaired) electrons. The predicted molar refractivity (Wildman–Crippen MR) is 118 cm³/mol. The molecule has 4 rings (SSSR count). The summed E-state index contributed by atoms with van der Waals surface area (Å²) in [5, 5.41) is 4.93. The Labute approximate surface area is 180 Å². The molecule has 8 heteroatoms. The maximum Gasteiger partial charge on any atom is 0.241 e. The molecule has 0 aliphatic rings. The van der Waals surface area contributed by atoms with Crippen LogP contribution in [0.4, 0.5) is 0 Å². The fraction of sp³-hybridized carbons (Fsp3) is 0.182. The summed E-state index contributed by atoms with van der Waals surface area (Å²) in [5.74, 6) is 0. The topological polar surface area (TPSA) is 76.4 Å². The molecule has 0 amide bonds. The highest BCUT2D eigenvalue weighted by Gasteiger charge is 2.19. The molecule has 2 heterocycles. The van der Waals surface area contributed by atoms with Crippen molar-refractivity contribution in [1.29, 1.82) is 0 Å². The summed E-state index contributed by atoms with van der Waals surface area (Å²) in [6.45, 7) is 5.77. The zero-order valence-electron chi connectivity index (χ0n) is 16.8. The third kappa shape index (κ3) is 3.84. The first kappa shape index (κ1) is 20.5. The van der Waals surface area contributed by atoms with Gasteiger partial charge in [0.2, 0.25) is 10.0 Å².